The first-order valence-electron chi connectivity index (χ1n) is 10.8. The molecule has 0 bridgehead atoms. The zero-order chi connectivity index (χ0) is 24.0. The van der Waals surface area contributed by atoms with Crippen LogP contribution in [0.2, 0.25) is 0 Å². The van der Waals surface area contributed by atoms with Gasteiger partial charge in [0.2, 0.25) is 10.0 Å². The van der Waals surface area contributed by atoms with Gasteiger partial charge in [-0.1, -0.05) is 36.4 Å². The topological polar surface area (TPSA) is 75.7 Å². The van der Waals surface area contributed by atoms with Gasteiger partial charge in [-0.2, -0.15) is 0 Å². The summed E-state index contributed by atoms with van der Waals surface area (Å²) in [5, 5.41) is 2.98. The first kappa shape index (κ1) is 24.3. The lowest BCUT2D eigenvalue weighted by atomic mass is 10.1. The molecule has 0 fully saturated rings. The molecule has 3 aromatic carbocycles. The largest absolute Gasteiger partial charge is 0.494 e. The molecule has 33 heavy (non-hydrogen) atoms. The van der Waals surface area contributed by atoms with Gasteiger partial charge in [0.1, 0.15) is 5.75 Å². The third kappa shape index (κ3) is 6.35. The molecule has 174 valence electrons. The summed E-state index contributed by atoms with van der Waals surface area (Å²) in [6, 6.07) is 21.7. The number of amides is 1. The van der Waals surface area contributed by atoms with E-state index in [1.807, 2.05) is 69.3 Å². The fourth-order valence-electron chi connectivity index (χ4n) is 3.50. The van der Waals surface area contributed by atoms with Gasteiger partial charge in [-0.05, 0) is 73.9 Å². The van der Waals surface area contributed by atoms with Crippen LogP contribution in [-0.4, -0.2) is 27.2 Å². The standard InChI is InChI=1S/C26H30N2O4S/c1-5-32-25-16-12-21(13-17-25)20(3)27-26(29)22-10-14-24(15-11-22)28(33(4,30)31)18-23-9-7-6-8-19(23)2/h6-17,20H,5,18H2,1-4H3,(H,27,29)/t20-/m1/s1. The maximum atomic E-state index is 12.7. The molecule has 7 heteroatoms. The van der Waals surface area contributed by atoms with Crippen LogP contribution in [0.25, 0.3) is 0 Å². The molecule has 3 rings (SSSR count). The molecule has 0 radical (unpaired) electrons. The van der Waals surface area contributed by atoms with Crippen molar-refractivity contribution < 1.29 is 17.9 Å². The highest BCUT2D eigenvalue weighted by molar-refractivity contribution is 7.92. The number of ether oxygens (including phenoxy) is 1. The predicted molar refractivity (Wildman–Crippen MR) is 132 cm³/mol. The Bertz CT molecular complexity index is 1190. The number of nitrogens with zero attached hydrogens (tertiary/aromatic N) is 1. The van der Waals surface area contributed by atoms with Crippen molar-refractivity contribution in [3.63, 3.8) is 0 Å². The number of nitrogens with one attached hydrogen (secondary N) is 1. The number of sulfonamides is 1. The van der Waals surface area contributed by atoms with Crippen molar-refractivity contribution >= 4 is 21.6 Å². The number of benzene rings is 3. The monoisotopic (exact) mass is 466 g/mol. The van der Waals surface area contributed by atoms with E-state index in [2.05, 4.69) is 5.32 Å². The maximum absolute atomic E-state index is 12.7. The SMILES string of the molecule is CCOc1ccc([C@@H](C)NC(=O)c2ccc(N(Cc3ccccc3C)S(C)(=O)=O)cc2)cc1. The number of carbonyl (C=O) groups excluding carboxylic acids is 1. The zero-order valence-electron chi connectivity index (χ0n) is 19.4. The summed E-state index contributed by atoms with van der Waals surface area (Å²) in [6.07, 6.45) is 1.18. The van der Waals surface area contributed by atoms with Gasteiger partial charge < -0.3 is 10.1 Å². The Hall–Kier alpha value is -3.32. The Morgan fingerprint density at radius 3 is 2.21 bits per heavy atom. The van der Waals surface area contributed by atoms with Gasteiger partial charge in [-0.15, -0.1) is 0 Å². The predicted octanol–water partition coefficient (Wildman–Crippen LogP) is 4.85. The van der Waals surface area contributed by atoms with Gasteiger partial charge in [0, 0.05) is 5.56 Å². The minimum atomic E-state index is -3.51. The van der Waals surface area contributed by atoms with E-state index in [1.165, 1.54) is 10.6 Å². The van der Waals surface area contributed by atoms with E-state index in [0.717, 1.165) is 22.4 Å². The molecule has 6 nitrogen and oxygen atoms in total. The fourth-order valence-corrected chi connectivity index (χ4v) is 4.38. The Labute approximate surface area is 196 Å². The summed E-state index contributed by atoms with van der Waals surface area (Å²) in [7, 11) is -3.51. The molecule has 1 atom stereocenters. The van der Waals surface area contributed by atoms with Gasteiger partial charge in [0.25, 0.3) is 5.91 Å². The van der Waals surface area contributed by atoms with E-state index in [-0.39, 0.29) is 18.5 Å². The second-order valence-electron chi connectivity index (χ2n) is 7.94. The van der Waals surface area contributed by atoms with Crippen molar-refractivity contribution in [2.75, 3.05) is 17.2 Å². The lowest BCUT2D eigenvalue weighted by molar-refractivity contribution is 0.0940. The third-order valence-electron chi connectivity index (χ3n) is 5.43. The molecule has 0 aliphatic rings. The molecule has 0 saturated heterocycles. The maximum Gasteiger partial charge on any atom is 0.251 e. The average Bonchev–Trinajstić information content (AvgIpc) is 2.78. The molecule has 0 heterocycles. The lowest BCUT2D eigenvalue weighted by Crippen LogP contribution is -2.30. The molecule has 3 aromatic rings. The normalized spacial score (nSPS) is 12.1. The molecule has 0 aliphatic carbocycles. The Morgan fingerprint density at radius 1 is 1.00 bits per heavy atom. The second kappa shape index (κ2) is 10.5. The van der Waals surface area contributed by atoms with Crippen LogP contribution in [0.5, 0.6) is 5.75 Å². The van der Waals surface area contributed by atoms with Crippen LogP contribution in [0.15, 0.2) is 72.8 Å². The van der Waals surface area contributed by atoms with E-state index < -0.39 is 10.0 Å². The number of carbonyl (C=O) groups is 1. The van der Waals surface area contributed by atoms with Crippen LogP contribution in [-0.2, 0) is 16.6 Å². The van der Waals surface area contributed by atoms with E-state index >= 15 is 0 Å². The number of aryl methyl sites for hydroxylation is 1. The second-order valence-corrected chi connectivity index (χ2v) is 9.85. The first-order valence-corrected chi connectivity index (χ1v) is 12.7. The number of anilines is 1. The van der Waals surface area contributed by atoms with Crippen molar-refractivity contribution in [3.05, 3.63) is 95.1 Å². The van der Waals surface area contributed by atoms with Crippen LogP contribution < -0.4 is 14.4 Å². The number of hydrogen-bond acceptors (Lipinski definition) is 4. The van der Waals surface area contributed by atoms with Gasteiger partial charge >= 0.3 is 0 Å². The molecule has 0 aromatic heterocycles. The van der Waals surface area contributed by atoms with Crippen LogP contribution in [0, 0.1) is 6.92 Å². The lowest BCUT2D eigenvalue weighted by Gasteiger charge is -2.23. The molecule has 0 spiro atoms. The Morgan fingerprint density at radius 2 is 1.64 bits per heavy atom. The highest BCUT2D eigenvalue weighted by atomic mass is 32.2. The van der Waals surface area contributed by atoms with Crippen LogP contribution in [0.4, 0.5) is 5.69 Å². The highest BCUT2D eigenvalue weighted by Crippen LogP contribution is 2.23. The van der Waals surface area contributed by atoms with Crippen molar-refractivity contribution in [2.45, 2.75) is 33.4 Å². The molecule has 0 aliphatic heterocycles. The van der Waals surface area contributed by atoms with Gasteiger partial charge in [0.15, 0.2) is 0 Å². The first-order chi connectivity index (χ1) is 15.7. The summed E-state index contributed by atoms with van der Waals surface area (Å²) < 4.78 is 31.7. The third-order valence-corrected chi connectivity index (χ3v) is 6.57. The minimum Gasteiger partial charge on any atom is -0.494 e. The van der Waals surface area contributed by atoms with Gasteiger partial charge in [-0.25, -0.2) is 8.42 Å². The minimum absolute atomic E-state index is 0.193. The van der Waals surface area contributed by atoms with Crippen molar-refractivity contribution in [1.82, 2.24) is 5.32 Å². The molecular formula is C26H30N2O4S. The smallest absolute Gasteiger partial charge is 0.251 e. The van der Waals surface area contributed by atoms with E-state index in [0.29, 0.717) is 17.9 Å². The molecule has 0 saturated carbocycles. The fraction of sp³-hybridized carbons (Fsp3) is 0.269. The van der Waals surface area contributed by atoms with Crippen molar-refractivity contribution in [1.29, 1.82) is 0 Å². The quantitative estimate of drug-likeness (QED) is 0.489. The summed E-state index contributed by atoms with van der Waals surface area (Å²) in [5.41, 5.74) is 3.88. The van der Waals surface area contributed by atoms with E-state index in [4.69, 9.17) is 4.74 Å². The molecule has 1 amide bonds. The van der Waals surface area contributed by atoms with Gasteiger partial charge in [-0.3, -0.25) is 9.10 Å². The Balaban J connectivity index is 1.73. The van der Waals surface area contributed by atoms with E-state index in [1.54, 1.807) is 24.3 Å². The molecule has 0 unspecified atom stereocenters. The number of hydrogen-bond donors (Lipinski definition) is 1. The average molecular weight is 467 g/mol. The zero-order valence-corrected chi connectivity index (χ0v) is 20.2. The van der Waals surface area contributed by atoms with Crippen LogP contribution >= 0.6 is 0 Å². The van der Waals surface area contributed by atoms with Gasteiger partial charge in [0.05, 0.1) is 31.1 Å². The summed E-state index contributed by atoms with van der Waals surface area (Å²) in [6.45, 7) is 6.62. The molecule has 1 N–H and O–H groups in total. The highest BCUT2D eigenvalue weighted by Gasteiger charge is 2.19. The number of rotatable bonds is 9. The summed E-state index contributed by atoms with van der Waals surface area (Å²) >= 11 is 0. The van der Waals surface area contributed by atoms with E-state index in [9.17, 15) is 13.2 Å². The van der Waals surface area contributed by atoms with Crippen LogP contribution in [0.3, 0.4) is 0 Å². The van der Waals surface area contributed by atoms with Crippen molar-refractivity contribution in [2.24, 2.45) is 0 Å². The Kier molecular flexibility index (Phi) is 7.76. The van der Waals surface area contributed by atoms with Crippen LogP contribution in [0.1, 0.15) is 46.9 Å². The summed E-state index contributed by atoms with van der Waals surface area (Å²) in [4.78, 5) is 12.7. The summed E-state index contributed by atoms with van der Waals surface area (Å²) in [5.74, 6) is 0.559. The van der Waals surface area contributed by atoms with Crippen molar-refractivity contribution in [3.8, 4) is 5.75 Å². The molecular weight excluding hydrogens is 436 g/mol.